The van der Waals surface area contributed by atoms with E-state index in [0.29, 0.717) is 23.8 Å². The van der Waals surface area contributed by atoms with Gasteiger partial charge in [0.2, 0.25) is 5.91 Å². The minimum absolute atomic E-state index is 0.0295. The quantitative estimate of drug-likeness (QED) is 0.843. The molecule has 0 aromatic carbocycles. The van der Waals surface area contributed by atoms with Crippen molar-refractivity contribution >= 4 is 17.4 Å². The van der Waals surface area contributed by atoms with E-state index in [-0.39, 0.29) is 5.91 Å². The minimum Gasteiger partial charge on any atom is -0.397 e. The number of pyridine rings is 1. The largest absolute Gasteiger partial charge is 0.397 e. The molecule has 98 valence electrons. The lowest BCUT2D eigenvalue weighted by Crippen LogP contribution is -2.17. The van der Waals surface area contributed by atoms with Gasteiger partial charge < -0.3 is 16.0 Å². The normalized spacial score (nSPS) is 19.9. The minimum atomic E-state index is 0.0295. The zero-order valence-electron chi connectivity index (χ0n) is 10.7. The summed E-state index contributed by atoms with van der Waals surface area (Å²) < 4.78 is 0. The van der Waals surface area contributed by atoms with Crippen LogP contribution in [0.1, 0.15) is 19.3 Å². The molecule has 2 rings (SSSR count). The number of nitrogen functional groups attached to an aromatic ring is 1. The molecule has 1 amide bonds. The Kier molecular flexibility index (Phi) is 4.15. The van der Waals surface area contributed by atoms with Gasteiger partial charge in [-0.1, -0.05) is 0 Å². The molecule has 0 spiro atoms. The number of amides is 1. The summed E-state index contributed by atoms with van der Waals surface area (Å²) in [4.78, 5) is 18.1. The molecule has 0 radical (unpaired) electrons. The summed E-state index contributed by atoms with van der Waals surface area (Å²) in [6.07, 6.45) is 4.25. The number of anilines is 2. The smallest absolute Gasteiger partial charge is 0.225 e. The number of carbonyl (C=O) groups is 1. The van der Waals surface area contributed by atoms with E-state index in [4.69, 9.17) is 5.73 Å². The first-order valence-electron chi connectivity index (χ1n) is 6.33. The second-order valence-electron chi connectivity index (χ2n) is 4.98. The zero-order chi connectivity index (χ0) is 13.0. The van der Waals surface area contributed by atoms with Gasteiger partial charge in [0, 0.05) is 13.0 Å². The van der Waals surface area contributed by atoms with Crippen LogP contribution < -0.4 is 11.1 Å². The second kappa shape index (κ2) is 5.82. The van der Waals surface area contributed by atoms with Crippen LogP contribution >= 0.6 is 0 Å². The van der Waals surface area contributed by atoms with Crippen LogP contribution in [0.4, 0.5) is 11.5 Å². The molecule has 1 saturated heterocycles. The first-order valence-corrected chi connectivity index (χ1v) is 6.33. The third-order valence-electron chi connectivity index (χ3n) is 3.32. The molecule has 18 heavy (non-hydrogen) atoms. The van der Waals surface area contributed by atoms with E-state index in [9.17, 15) is 4.79 Å². The van der Waals surface area contributed by atoms with Crippen LogP contribution in [0.15, 0.2) is 18.3 Å². The number of hydrogen-bond acceptors (Lipinski definition) is 4. The van der Waals surface area contributed by atoms with Crippen LogP contribution in [-0.4, -0.2) is 35.9 Å². The molecular formula is C13H20N4O. The van der Waals surface area contributed by atoms with Crippen LogP contribution in [0, 0.1) is 5.92 Å². The van der Waals surface area contributed by atoms with Gasteiger partial charge in [0.15, 0.2) is 0 Å². The van der Waals surface area contributed by atoms with Gasteiger partial charge in [0.1, 0.15) is 5.82 Å². The Morgan fingerprint density at radius 2 is 2.44 bits per heavy atom. The molecule has 0 aliphatic carbocycles. The third kappa shape index (κ3) is 3.70. The molecule has 1 atom stereocenters. The van der Waals surface area contributed by atoms with E-state index >= 15 is 0 Å². The third-order valence-corrected chi connectivity index (χ3v) is 3.32. The average molecular weight is 248 g/mol. The standard InChI is InChI=1S/C13H20N4O/c1-17-7-6-10(9-17)2-5-13(18)16-12-4-3-11(14)8-15-12/h3-4,8,10H,2,5-7,9,14H2,1H3,(H,15,16,18). The molecule has 1 aliphatic rings. The Hall–Kier alpha value is -1.62. The highest BCUT2D eigenvalue weighted by atomic mass is 16.1. The number of aromatic nitrogens is 1. The molecule has 5 nitrogen and oxygen atoms in total. The summed E-state index contributed by atoms with van der Waals surface area (Å²) in [6, 6.07) is 3.45. The Morgan fingerprint density at radius 1 is 1.61 bits per heavy atom. The van der Waals surface area contributed by atoms with Gasteiger partial charge in [-0.2, -0.15) is 0 Å². The lowest BCUT2D eigenvalue weighted by Gasteiger charge is -2.10. The first kappa shape index (κ1) is 12.8. The van der Waals surface area contributed by atoms with Crippen molar-refractivity contribution in [1.29, 1.82) is 0 Å². The van der Waals surface area contributed by atoms with Crippen molar-refractivity contribution in [3.63, 3.8) is 0 Å². The number of nitrogens with two attached hydrogens (primary N) is 1. The highest BCUT2D eigenvalue weighted by molar-refractivity contribution is 5.89. The topological polar surface area (TPSA) is 71.2 Å². The molecule has 1 fully saturated rings. The number of rotatable bonds is 4. The van der Waals surface area contributed by atoms with Crippen molar-refractivity contribution in [2.24, 2.45) is 5.92 Å². The number of hydrogen-bond donors (Lipinski definition) is 2. The first-order chi connectivity index (χ1) is 8.63. The summed E-state index contributed by atoms with van der Waals surface area (Å²) in [7, 11) is 2.12. The van der Waals surface area contributed by atoms with E-state index in [0.717, 1.165) is 19.5 Å². The number of carbonyl (C=O) groups excluding carboxylic acids is 1. The molecule has 0 saturated carbocycles. The Labute approximate surface area is 107 Å². The maximum atomic E-state index is 11.7. The predicted octanol–water partition coefficient (Wildman–Crippen LogP) is 1.33. The highest BCUT2D eigenvalue weighted by Crippen LogP contribution is 2.19. The lowest BCUT2D eigenvalue weighted by molar-refractivity contribution is -0.116. The molecular weight excluding hydrogens is 228 g/mol. The highest BCUT2D eigenvalue weighted by Gasteiger charge is 2.19. The van der Waals surface area contributed by atoms with Crippen LogP contribution in [0.5, 0.6) is 0 Å². The van der Waals surface area contributed by atoms with E-state index in [1.54, 1.807) is 18.3 Å². The van der Waals surface area contributed by atoms with Crippen molar-refractivity contribution in [2.45, 2.75) is 19.3 Å². The van der Waals surface area contributed by atoms with Gasteiger partial charge in [0.25, 0.3) is 0 Å². The lowest BCUT2D eigenvalue weighted by atomic mass is 10.0. The molecule has 1 unspecified atom stereocenters. The van der Waals surface area contributed by atoms with E-state index in [2.05, 4.69) is 22.2 Å². The molecule has 1 aliphatic heterocycles. The fraction of sp³-hybridized carbons (Fsp3) is 0.538. The van der Waals surface area contributed by atoms with E-state index < -0.39 is 0 Å². The van der Waals surface area contributed by atoms with Gasteiger partial charge in [-0.25, -0.2) is 4.98 Å². The number of nitrogens with zero attached hydrogens (tertiary/aromatic N) is 2. The summed E-state index contributed by atoms with van der Waals surface area (Å²) >= 11 is 0. The van der Waals surface area contributed by atoms with Crippen molar-refractivity contribution in [3.05, 3.63) is 18.3 Å². The Morgan fingerprint density at radius 3 is 3.06 bits per heavy atom. The van der Waals surface area contributed by atoms with Crippen molar-refractivity contribution in [1.82, 2.24) is 9.88 Å². The number of nitrogens with one attached hydrogen (secondary N) is 1. The summed E-state index contributed by atoms with van der Waals surface area (Å²) in [5.74, 6) is 1.25. The molecule has 1 aromatic heterocycles. The maximum absolute atomic E-state index is 11.7. The van der Waals surface area contributed by atoms with Gasteiger partial charge >= 0.3 is 0 Å². The molecule has 2 heterocycles. The average Bonchev–Trinajstić information content (AvgIpc) is 2.76. The second-order valence-corrected chi connectivity index (χ2v) is 4.98. The maximum Gasteiger partial charge on any atom is 0.225 e. The van der Waals surface area contributed by atoms with Gasteiger partial charge in [-0.3, -0.25) is 4.79 Å². The van der Waals surface area contributed by atoms with Gasteiger partial charge in [0.05, 0.1) is 11.9 Å². The molecule has 0 bridgehead atoms. The SMILES string of the molecule is CN1CCC(CCC(=O)Nc2ccc(N)cn2)C1. The Bertz CT molecular complexity index is 404. The van der Waals surface area contributed by atoms with Crippen LogP contribution in [0.3, 0.4) is 0 Å². The predicted molar refractivity (Wildman–Crippen MR) is 72.1 cm³/mol. The van der Waals surface area contributed by atoms with Crippen LogP contribution in [-0.2, 0) is 4.79 Å². The zero-order valence-corrected chi connectivity index (χ0v) is 10.7. The van der Waals surface area contributed by atoms with Crippen molar-refractivity contribution in [2.75, 3.05) is 31.2 Å². The molecule has 3 N–H and O–H groups in total. The van der Waals surface area contributed by atoms with Crippen molar-refractivity contribution < 1.29 is 4.79 Å². The van der Waals surface area contributed by atoms with E-state index in [1.165, 1.54) is 6.42 Å². The van der Waals surface area contributed by atoms with Gasteiger partial charge in [-0.05, 0) is 44.5 Å². The molecule has 1 aromatic rings. The molecule has 5 heteroatoms. The van der Waals surface area contributed by atoms with E-state index in [1.807, 2.05) is 0 Å². The summed E-state index contributed by atoms with van der Waals surface area (Å²) in [6.45, 7) is 2.25. The Balaban J connectivity index is 1.73. The van der Waals surface area contributed by atoms with Gasteiger partial charge in [-0.15, -0.1) is 0 Å². The number of likely N-dealkylation sites (tertiary alicyclic amines) is 1. The summed E-state index contributed by atoms with van der Waals surface area (Å²) in [5.41, 5.74) is 6.13. The fourth-order valence-electron chi connectivity index (χ4n) is 2.28. The van der Waals surface area contributed by atoms with Crippen LogP contribution in [0.25, 0.3) is 0 Å². The van der Waals surface area contributed by atoms with Crippen molar-refractivity contribution in [3.8, 4) is 0 Å². The monoisotopic (exact) mass is 248 g/mol. The van der Waals surface area contributed by atoms with Crippen LogP contribution in [0.2, 0.25) is 0 Å². The summed E-state index contributed by atoms with van der Waals surface area (Å²) in [5, 5.41) is 2.79. The fourth-order valence-corrected chi connectivity index (χ4v) is 2.28.